The molecule has 10 heteroatoms. The maximum Gasteiger partial charge on any atom is 0.248 e. The Kier molecular flexibility index (Phi) is 9.72. The minimum atomic E-state index is -3.69. The molecule has 1 atom stereocenters. The Morgan fingerprint density at radius 3 is 2.36 bits per heavy atom. The Morgan fingerprint density at radius 2 is 1.79 bits per heavy atom. The second-order valence-corrected chi connectivity index (χ2v) is 9.65. The first-order valence-electron chi connectivity index (χ1n) is 10.2. The molecule has 0 spiro atoms. The molecule has 2 aromatic carbocycles. The van der Waals surface area contributed by atoms with E-state index in [1.54, 1.807) is 25.1 Å². The Hall–Kier alpha value is -2.59. The number of carbonyl (C=O) groups is 1. The third kappa shape index (κ3) is 8.04. The van der Waals surface area contributed by atoms with Crippen LogP contribution >= 0.6 is 11.6 Å². The lowest BCUT2D eigenvalue weighted by Crippen LogP contribution is -2.35. The minimum absolute atomic E-state index is 0.0746. The van der Waals surface area contributed by atoms with Crippen LogP contribution in [-0.2, 0) is 19.6 Å². The van der Waals surface area contributed by atoms with Crippen LogP contribution in [0.3, 0.4) is 0 Å². The second kappa shape index (κ2) is 12.0. The summed E-state index contributed by atoms with van der Waals surface area (Å²) in [6.45, 7) is 5.72. The number of methoxy groups -OCH3 is 2. The van der Waals surface area contributed by atoms with Gasteiger partial charge < -0.3 is 19.5 Å². The molecule has 0 fully saturated rings. The molecule has 0 radical (unpaired) electrons. The topological polar surface area (TPSA) is 103 Å². The van der Waals surface area contributed by atoms with E-state index in [9.17, 15) is 13.2 Å². The Morgan fingerprint density at radius 1 is 1.12 bits per heavy atom. The van der Waals surface area contributed by atoms with Crippen LogP contribution in [0.2, 0.25) is 5.02 Å². The van der Waals surface area contributed by atoms with Gasteiger partial charge in [-0.2, -0.15) is 0 Å². The van der Waals surface area contributed by atoms with E-state index < -0.39 is 15.9 Å². The smallest absolute Gasteiger partial charge is 0.248 e. The largest absolute Gasteiger partial charge is 0.493 e. The predicted octanol–water partition coefficient (Wildman–Crippen LogP) is 4.10. The minimum Gasteiger partial charge on any atom is -0.493 e. The number of hydrogen-bond donors (Lipinski definition) is 2. The molecule has 0 bridgehead atoms. The average Bonchev–Trinajstić information content (AvgIpc) is 2.73. The summed E-state index contributed by atoms with van der Waals surface area (Å²) in [6, 6.07) is 8.87. The van der Waals surface area contributed by atoms with Crippen molar-refractivity contribution in [3.05, 3.63) is 53.1 Å². The van der Waals surface area contributed by atoms with Crippen LogP contribution in [0, 0.1) is 0 Å². The van der Waals surface area contributed by atoms with Crippen molar-refractivity contribution >= 4 is 39.3 Å². The number of carbonyl (C=O) groups excluding carboxylic acids is 1. The summed E-state index contributed by atoms with van der Waals surface area (Å²) in [5, 5.41) is 3.05. The van der Waals surface area contributed by atoms with E-state index in [-0.39, 0.29) is 23.6 Å². The van der Waals surface area contributed by atoms with Crippen LogP contribution in [0.4, 0.5) is 5.69 Å². The van der Waals surface area contributed by atoms with Gasteiger partial charge in [0.05, 0.1) is 29.7 Å². The van der Waals surface area contributed by atoms with Gasteiger partial charge in [-0.1, -0.05) is 11.6 Å². The highest BCUT2D eigenvalue weighted by molar-refractivity contribution is 7.89. The quantitative estimate of drug-likeness (QED) is 0.454. The van der Waals surface area contributed by atoms with Gasteiger partial charge in [0.2, 0.25) is 15.9 Å². The number of nitrogens with one attached hydrogen (secondary N) is 2. The fourth-order valence-electron chi connectivity index (χ4n) is 2.88. The Labute approximate surface area is 199 Å². The number of amides is 1. The van der Waals surface area contributed by atoms with Crippen molar-refractivity contribution in [1.82, 2.24) is 4.72 Å². The number of ether oxygens (including phenoxy) is 3. The summed E-state index contributed by atoms with van der Waals surface area (Å²) in [7, 11) is -0.678. The molecule has 0 aliphatic carbocycles. The van der Waals surface area contributed by atoms with Crippen molar-refractivity contribution in [3.8, 4) is 11.5 Å². The fraction of sp³-hybridized carbons (Fsp3) is 0.348. The van der Waals surface area contributed by atoms with Crippen LogP contribution in [0.25, 0.3) is 6.08 Å². The van der Waals surface area contributed by atoms with Crippen LogP contribution < -0.4 is 19.5 Å². The molecular weight excluding hydrogens is 468 g/mol. The SMILES string of the molecule is COCC(C)NS(=O)(=O)c1ccc(NC(=O)/C=C/c2cc(Cl)c(OC(C)C)c(OC)c2)cc1. The van der Waals surface area contributed by atoms with Crippen LogP contribution in [-0.4, -0.2) is 47.3 Å². The third-order valence-electron chi connectivity index (χ3n) is 4.24. The summed E-state index contributed by atoms with van der Waals surface area (Å²) < 4.78 is 43.2. The molecule has 8 nitrogen and oxygen atoms in total. The first-order valence-corrected chi connectivity index (χ1v) is 12.1. The van der Waals surface area contributed by atoms with Crippen LogP contribution in [0.1, 0.15) is 26.3 Å². The molecule has 0 saturated heterocycles. The fourth-order valence-corrected chi connectivity index (χ4v) is 4.37. The van der Waals surface area contributed by atoms with Gasteiger partial charge in [-0.25, -0.2) is 13.1 Å². The van der Waals surface area contributed by atoms with E-state index in [1.165, 1.54) is 44.6 Å². The monoisotopic (exact) mass is 496 g/mol. The molecule has 33 heavy (non-hydrogen) atoms. The zero-order chi connectivity index (χ0) is 24.6. The van der Waals surface area contributed by atoms with Crippen LogP contribution in [0.15, 0.2) is 47.4 Å². The van der Waals surface area contributed by atoms with Gasteiger partial charge in [0.1, 0.15) is 0 Å². The maximum atomic E-state index is 12.4. The Balaban J connectivity index is 2.07. The highest BCUT2D eigenvalue weighted by atomic mass is 35.5. The van der Waals surface area contributed by atoms with Gasteiger partial charge in [-0.15, -0.1) is 0 Å². The van der Waals surface area contributed by atoms with Crippen molar-refractivity contribution in [1.29, 1.82) is 0 Å². The van der Waals surface area contributed by atoms with Crippen molar-refractivity contribution in [3.63, 3.8) is 0 Å². The molecule has 2 N–H and O–H groups in total. The number of anilines is 1. The molecule has 2 aromatic rings. The van der Waals surface area contributed by atoms with Gasteiger partial charge in [-0.05, 0) is 68.8 Å². The molecule has 0 heterocycles. The third-order valence-corrected chi connectivity index (χ3v) is 6.12. The van der Waals surface area contributed by atoms with Crippen molar-refractivity contribution in [2.24, 2.45) is 0 Å². The standard InChI is InChI=1S/C23H29ClN2O6S/c1-15(2)32-23-20(24)12-17(13-21(23)31-5)6-11-22(27)25-18-7-9-19(10-8-18)33(28,29)26-16(3)14-30-4/h6-13,15-16,26H,14H2,1-5H3,(H,25,27)/b11-6+. The van der Waals surface area contributed by atoms with Crippen molar-refractivity contribution in [2.45, 2.75) is 37.8 Å². The molecule has 0 aliphatic heterocycles. The summed E-state index contributed by atoms with van der Waals surface area (Å²) in [4.78, 5) is 12.4. The summed E-state index contributed by atoms with van der Waals surface area (Å²) in [5.74, 6) is 0.508. The Bertz CT molecular complexity index is 1080. The van der Waals surface area contributed by atoms with E-state index in [4.69, 9.17) is 25.8 Å². The van der Waals surface area contributed by atoms with Crippen LogP contribution in [0.5, 0.6) is 11.5 Å². The van der Waals surface area contributed by atoms with E-state index in [0.29, 0.717) is 27.8 Å². The zero-order valence-electron chi connectivity index (χ0n) is 19.2. The van der Waals surface area contributed by atoms with Gasteiger partial charge in [-0.3, -0.25) is 4.79 Å². The average molecular weight is 497 g/mol. The molecule has 0 saturated carbocycles. The first kappa shape index (κ1) is 26.7. The van der Waals surface area contributed by atoms with Gasteiger partial charge >= 0.3 is 0 Å². The molecule has 1 unspecified atom stereocenters. The predicted molar refractivity (Wildman–Crippen MR) is 130 cm³/mol. The van der Waals surface area contributed by atoms with Gasteiger partial charge in [0, 0.05) is 24.9 Å². The van der Waals surface area contributed by atoms with E-state index >= 15 is 0 Å². The zero-order valence-corrected chi connectivity index (χ0v) is 20.8. The molecule has 0 aromatic heterocycles. The number of hydrogen-bond acceptors (Lipinski definition) is 6. The highest BCUT2D eigenvalue weighted by Gasteiger charge is 2.17. The molecular formula is C23H29ClN2O6S. The van der Waals surface area contributed by atoms with Crippen molar-refractivity contribution in [2.75, 3.05) is 26.1 Å². The summed E-state index contributed by atoms with van der Waals surface area (Å²) in [6.07, 6.45) is 2.85. The number of rotatable bonds is 11. The second-order valence-electron chi connectivity index (χ2n) is 7.53. The molecule has 0 aliphatic rings. The molecule has 2 rings (SSSR count). The first-order chi connectivity index (χ1) is 15.6. The number of halogens is 1. The summed E-state index contributed by atoms with van der Waals surface area (Å²) >= 11 is 6.30. The summed E-state index contributed by atoms with van der Waals surface area (Å²) in [5.41, 5.74) is 1.10. The van der Waals surface area contributed by atoms with E-state index in [0.717, 1.165) is 0 Å². The van der Waals surface area contributed by atoms with E-state index in [1.807, 2.05) is 13.8 Å². The maximum absolute atomic E-state index is 12.4. The number of sulfonamides is 1. The van der Waals surface area contributed by atoms with Gasteiger partial charge in [0.25, 0.3) is 0 Å². The van der Waals surface area contributed by atoms with Gasteiger partial charge in [0.15, 0.2) is 11.5 Å². The lowest BCUT2D eigenvalue weighted by Gasteiger charge is -2.15. The highest BCUT2D eigenvalue weighted by Crippen LogP contribution is 2.37. The normalized spacial score (nSPS) is 12.7. The van der Waals surface area contributed by atoms with E-state index in [2.05, 4.69) is 10.0 Å². The lowest BCUT2D eigenvalue weighted by molar-refractivity contribution is -0.111. The van der Waals surface area contributed by atoms with Crippen molar-refractivity contribution < 1.29 is 27.4 Å². The lowest BCUT2D eigenvalue weighted by atomic mass is 10.1. The molecule has 1 amide bonds. The molecule has 180 valence electrons. The number of benzene rings is 2.